The molecule has 0 radical (unpaired) electrons. The van der Waals surface area contributed by atoms with Crippen molar-refractivity contribution in [3.63, 3.8) is 0 Å². The van der Waals surface area contributed by atoms with Gasteiger partial charge in [-0.15, -0.1) is 0 Å². The minimum absolute atomic E-state index is 0.107. The van der Waals surface area contributed by atoms with Gasteiger partial charge in [0.05, 0.1) is 38.1 Å². The highest BCUT2D eigenvalue weighted by Crippen LogP contribution is 2.36. The third kappa shape index (κ3) is 5.84. The van der Waals surface area contributed by atoms with Crippen LogP contribution in [0, 0.1) is 5.82 Å². The zero-order valence-corrected chi connectivity index (χ0v) is 21.6. The summed E-state index contributed by atoms with van der Waals surface area (Å²) in [4.78, 5) is 28.2. The summed E-state index contributed by atoms with van der Waals surface area (Å²) in [6.45, 7) is 0.00562. The maximum atomic E-state index is 14.4. The highest BCUT2D eigenvalue weighted by atomic mass is 19.1. The molecule has 0 bridgehead atoms. The van der Waals surface area contributed by atoms with Gasteiger partial charge in [-0.05, 0) is 29.8 Å². The monoisotopic (exact) mass is 519 g/mol. The van der Waals surface area contributed by atoms with Crippen LogP contribution in [0.25, 0.3) is 0 Å². The molecule has 3 aromatic rings. The minimum atomic E-state index is -0.650. The van der Waals surface area contributed by atoms with E-state index in [0.29, 0.717) is 23.6 Å². The molecule has 38 heavy (non-hydrogen) atoms. The van der Waals surface area contributed by atoms with E-state index in [1.807, 2.05) is 42.5 Å². The predicted octanol–water partition coefficient (Wildman–Crippen LogP) is 4.31. The first-order chi connectivity index (χ1) is 18.5. The Balaban J connectivity index is 1.67. The Bertz CT molecular complexity index is 1310. The smallest absolute Gasteiger partial charge is 0.262 e. The molecule has 0 aromatic heterocycles. The number of hydrogen-bond donors (Lipinski definition) is 0. The molecular weight excluding hydrogens is 489 g/mol. The normalized spacial score (nSPS) is 14.7. The second-order valence-corrected chi connectivity index (χ2v) is 8.68. The van der Waals surface area contributed by atoms with Crippen LogP contribution in [0.4, 0.5) is 4.39 Å². The molecule has 0 spiro atoms. The molecule has 2 amide bonds. The van der Waals surface area contributed by atoms with Crippen molar-refractivity contribution in [2.24, 2.45) is 5.10 Å². The van der Waals surface area contributed by atoms with Crippen LogP contribution in [0.2, 0.25) is 0 Å². The van der Waals surface area contributed by atoms with Crippen molar-refractivity contribution in [2.45, 2.75) is 12.5 Å². The fourth-order valence-electron chi connectivity index (χ4n) is 4.37. The molecule has 0 fully saturated rings. The van der Waals surface area contributed by atoms with Crippen molar-refractivity contribution in [3.05, 3.63) is 95.3 Å². The van der Waals surface area contributed by atoms with E-state index in [9.17, 15) is 14.0 Å². The third-order valence-electron chi connectivity index (χ3n) is 6.35. The number of methoxy groups -OCH3 is 3. The molecule has 0 aliphatic carbocycles. The molecule has 1 atom stereocenters. The molecule has 4 rings (SSSR count). The molecule has 1 aliphatic heterocycles. The predicted molar refractivity (Wildman–Crippen MR) is 141 cm³/mol. The lowest BCUT2D eigenvalue weighted by Gasteiger charge is -2.27. The maximum absolute atomic E-state index is 14.4. The van der Waals surface area contributed by atoms with Crippen LogP contribution in [0.15, 0.2) is 77.9 Å². The highest BCUT2D eigenvalue weighted by Gasteiger charge is 2.35. The first-order valence-electron chi connectivity index (χ1n) is 12.2. The standard InChI is InChI=1S/C29H30FN3O5/c1-36-16-15-32(29(35)22-11-7-8-12-24(22)30)19-28(34)33-26(20-9-5-4-6-10-20)18-25(31-33)23-14-13-21(37-2)17-27(23)38-3/h4-14,17,26H,15-16,18-19H2,1-3H3. The zero-order valence-electron chi connectivity index (χ0n) is 21.6. The number of rotatable bonds is 10. The number of carbonyl (C=O) groups excluding carboxylic acids is 2. The number of nitrogens with zero attached hydrogens (tertiary/aromatic N) is 3. The highest BCUT2D eigenvalue weighted by molar-refractivity contribution is 6.05. The van der Waals surface area contributed by atoms with Crippen LogP contribution in [-0.4, -0.2) is 68.5 Å². The van der Waals surface area contributed by atoms with Crippen LogP contribution >= 0.6 is 0 Å². The summed E-state index contributed by atoms with van der Waals surface area (Å²) in [6, 6.07) is 20.3. The van der Waals surface area contributed by atoms with Crippen LogP contribution in [-0.2, 0) is 9.53 Å². The van der Waals surface area contributed by atoms with Crippen molar-refractivity contribution in [3.8, 4) is 11.5 Å². The van der Waals surface area contributed by atoms with E-state index in [4.69, 9.17) is 19.3 Å². The first-order valence-corrected chi connectivity index (χ1v) is 12.2. The second-order valence-electron chi connectivity index (χ2n) is 8.68. The van der Waals surface area contributed by atoms with Gasteiger partial charge in [0.1, 0.15) is 23.9 Å². The van der Waals surface area contributed by atoms with E-state index in [2.05, 4.69) is 0 Å². The summed E-state index contributed by atoms with van der Waals surface area (Å²) in [6.07, 6.45) is 0.442. The lowest BCUT2D eigenvalue weighted by atomic mass is 9.98. The van der Waals surface area contributed by atoms with E-state index >= 15 is 0 Å². The van der Waals surface area contributed by atoms with E-state index in [1.165, 1.54) is 35.2 Å². The fourth-order valence-corrected chi connectivity index (χ4v) is 4.37. The number of halogens is 1. The zero-order chi connectivity index (χ0) is 27.1. The Morgan fingerprint density at radius 1 is 1.00 bits per heavy atom. The Morgan fingerprint density at radius 2 is 1.74 bits per heavy atom. The first kappa shape index (κ1) is 26.8. The fraction of sp³-hybridized carbons (Fsp3) is 0.276. The average Bonchev–Trinajstić information content (AvgIpc) is 3.40. The van der Waals surface area contributed by atoms with Gasteiger partial charge in [-0.1, -0.05) is 42.5 Å². The molecule has 1 heterocycles. The topological polar surface area (TPSA) is 80.7 Å². The lowest BCUT2D eigenvalue weighted by molar-refractivity contribution is -0.133. The number of benzene rings is 3. The van der Waals surface area contributed by atoms with Gasteiger partial charge in [0.2, 0.25) is 0 Å². The molecule has 9 heteroatoms. The number of amides is 2. The summed E-state index contributed by atoms with van der Waals surface area (Å²) in [5.74, 6) is -0.437. The van der Waals surface area contributed by atoms with Crippen molar-refractivity contribution >= 4 is 17.5 Å². The number of hydrazone groups is 1. The van der Waals surface area contributed by atoms with Crippen LogP contribution in [0.3, 0.4) is 0 Å². The van der Waals surface area contributed by atoms with Crippen LogP contribution in [0.1, 0.15) is 33.9 Å². The van der Waals surface area contributed by atoms with Gasteiger partial charge in [-0.3, -0.25) is 9.59 Å². The van der Waals surface area contributed by atoms with Gasteiger partial charge in [0.15, 0.2) is 0 Å². The summed E-state index contributed by atoms with van der Waals surface area (Å²) < 4.78 is 30.4. The van der Waals surface area contributed by atoms with Gasteiger partial charge in [0.25, 0.3) is 11.8 Å². The summed E-state index contributed by atoms with van der Waals surface area (Å²) >= 11 is 0. The summed E-state index contributed by atoms with van der Waals surface area (Å²) in [5.41, 5.74) is 2.19. The van der Waals surface area contributed by atoms with E-state index in [1.54, 1.807) is 26.4 Å². The number of ether oxygens (including phenoxy) is 3. The van der Waals surface area contributed by atoms with Crippen molar-refractivity contribution in [1.82, 2.24) is 9.91 Å². The molecule has 0 saturated carbocycles. The van der Waals surface area contributed by atoms with E-state index in [0.717, 1.165) is 11.1 Å². The molecule has 1 aliphatic rings. The Labute approximate surface area is 221 Å². The molecule has 0 N–H and O–H groups in total. The van der Waals surface area contributed by atoms with Crippen LogP contribution in [0.5, 0.6) is 11.5 Å². The van der Waals surface area contributed by atoms with Crippen molar-refractivity contribution in [1.29, 1.82) is 0 Å². The third-order valence-corrected chi connectivity index (χ3v) is 6.35. The average molecular weight is 520 g/mol. The van der Waals surface area contributed by atoms with Gasteiger partial charge in [-0.25, -0.2) is 9.40 Å². The van der Waals surface area contributed by atoms with Crippen LogP contribution < -0.4 is 9.47 Å². The Kier molecular flexibility index (Phi) is 8.70. The number of carbonyl (C=O) groups is 2. The number of hydrogen-bond acceptors (Lipinski definition) is 6. The minimum Gasteiger partial charge on any atom is -0.497 e. The van der Waals surface area contributed by atoms with E-state index < -0.39 is 23.7 Å². The molecule has 0 saturated heterocycles. The van der Waals surface area contributed by atoms with E-state index in [-0.39, 0.29) is 25.3 Å². The van der Waals surface area contributed by atoms with Gasteiger partial charge in [-0.2, -0.15) is 5.10 Å². The maximum Gasteiger partial charge on any atom is 0.262 e. The van der Waals surface area contributed by atoms with Crippen molar-refractivity contribution in [2.75, 3.05) is 41.0 Å². The van der Waals surface area contributed by atoms with Crippen molar-refractivity contribution < 1.29 is 28.2 Å². The Morgan fingerprint density at radius 3 is 2.42 bits per heavy atom. The van der Waals surface area contributed by atoms with Gasteiger partial charge in [0, 0.05) is 31.7 Å². The lowest BCUT2D eigenvalue weighted by Crippen LogP contribution is -2.43. The molecule has 1 unspecified atom stereocenters. The molecule has 8 nitrogen and oxygen atoms in total. The molecule has 198 valence electrons. The molecule has 3 aromatic carbocycles. The summed E-state index contributed by atoms with van der Waals surface area (Å²) in [5, 5.41) is 6.10. The molecular formula is C29H30FN3O5. The van der Waals surface area contributed by atoms with Gasteiger partial charge < -0.3 is 19.1 Å². The largest absolute Gasteiger partial charge is 0.497 e. The second kappa shape index (κ2) is 12.3. The quantitative estimate of drug-likeness (QED) is 0.399. The summed E-state index contributed by atoms with van der Waals surface area (Å²) in [7, 11) is 4.64. The van der Waals surface area contributed by atoms with Gasteiger partial charge >= 0.3 is 0 Å². The SMILES string of the molecule is COCCN(CC(=O)N1N=C(c2ccc(OC)cc2OC)CC1c1ccccc1)C(=O)c1ccccc1F. The Hall–Kier alpha value is -4.24.